The zero-order valence-electron chi connectivity index (χ0n) is 25.5. The Morgan fingerprint density at radius 2 is 1.84 bits per heavy atom. The van der Waals surface area contributed by atoms with Gasteiger partial charge in [0.25, 0.3) is 5.91 Å². The van der Waals surface area contributed by atoms with Crippen molar-refractivity contribution in [3.8, 4) is 23.0 Å². The van der Waals surface area contributed by atoms with Crippen molar-refractivity contribution < 1.29 is 46.9 Å². The molecule has 1 atom stereocenters. The summed E-state index contributed by atoms with van der Waals surface area (Å²) in [5.41, 5.74) is -1.13. The molecule has 0 aliphatic heterocycles. The number of nitrogens with zero attached hydrogens (tertiary/aromatic N) is 1. The average molecular weight is 622 g/mol. The van der Waals surface area contributed by atoms with Crippen LogP contribution >= 0.6 is 0 Å². The van der Waals surface area contributed by atoms with Crippen LogP contribution in [0.15, 0.2) is 22.6 Å². The fraction of sp³-hybridized carbons (Fsp3) is 0.613. The van der Waals surface area contributed by atoms with Crippen LogP contribution in [0.1, 0.15) is 101 Å². The molecule has 2 aromatic rings. The van der Waals surface area contributed by atoms with Crippen LogP contribution in [0.2, 0.25) is 0 Å². The number of halogens is 2. The number of rotatable bonds is 13. The molecule has 13 heteroatoms. The molecule has 2 amide bonds. The summed E-state index contributed by atoms with van der Waals surface area (Å²) in [6, 6.07) is 3.36. The second kappa shape index (κ2) is 13.8. The molecule has 242 valence electrons. The van der Waals surface area contributed by atoms with Gasteiger partial charge < -0.3 is 34.4 Å². The number of aromatic nitrogens is 1. The third-order valence-electron chi connectivity index (χ3n) is 7.64. The van der Waals surface area contributed by atoms with Gasteiger partial charge >= 0.3 is 18.7 Å². The summed E-state index contributed by atoms with van der Waals surface area (Å²) < 4.78 is 47.9. The van der Waals surface area contributed by atoms with E-state index in [1.165, 1.54) is 18.2 Å². The molecule has 0 bridgehead atoms. The SMILES string of the molecule is C[C@H](NC(=O)OC(C)(C)C)c1oc(-c2ccc(OC(F)F)c(OCC3CC3)c2)nc1C(=O)NCC1(CC(=O)O)CCCCC1. The lowest BCUT2D eigenvalue weighted by Gasteiger charge is -2.36. The second-order valence-electron chi connectivity index (χ2n) is 12.7. The van der Waals surface area contributed by atoms with E-state index >= 15 is 0 Å². The van der Waals surface area contributed by atoms with Crippen molar-refractivity contribution in [3.63, 3.8) is 0 Å². The summed E-state index contributed by atoms with van der Waals surface area (Å²) in [6.07, 6.45) is 5.26. The summed E-state index contributed by atoms with van der Waals surface area (Å²) in [4.78, 5) is 42.2. The molecule has 3 N–H and O–H groups in total. The number of benzene rings is 1. The first-order chi connectivity index (χ1) is 20.7. The molecule has 2 aliphatic rings. The van der Waals surface area contributed by atoms with Gasteiger partial charge in [-0.3, -0.25) is 9.59 Å². The van der Waals surface area contributed by atoms with Gasteiger partial charge in [-0.05, 0) is 82.9 Å². The van der Waals surface area contributed by atoms with Crippen molar-refractivity contribution in [2.24, 2.45) is 11.3 Å². The van der Waals surface area contributed by atoms with Crippen LogP contribution in [0.25, 0.3) is 11.5 Å². The quantitative estimate of drug-likeness (QED) is 0.229. The van der Waals surface area contributed by atoms with E-state index in [9.17, 15) is 28.3 Å². The summed E-state index contributed by atoms with van der Waals surface area (Å²) in [5, 5.41) is 15.0. The van der Waals surface area contributed by atoms with E-state index in [0.717, 1.165) is 32.1 Å². The van der Waals surface area contributed by atoms with Gasteiger partial charge in [-0.2, -0.15) is 8.78 Å². The maximum absolute atomic E-state index is 13.6. The van der Waals surface area contributed by atoms with Crippen LogP contribution in [0.4, 0.5) is 13.6 Å². The Balaban J connectivity index is 1.64. The normalized spacial score (nSPS) is 17.1. The highest BCUT2D eigenvalue weighted by Crippen LogP contribution is 2.40. The smallest absolute Gasteiger partial charge is 0.408 e. The van der Waals surface area contributed by atoms with E-state index in [1.54, 1.807) is 27.7 Å². The van der Waals surface area contributed by atoms with Crippen LogP contribution in [-0.4, -0.2) is 53.4 Å². The number of alkyl halides is 2. The van der Waals surface area contributed by atoms with Crippen molar-refractivity contribution in [2.45, 2.75) is 97.3 Å². The molecule has 2 saturated carbocycles. The molecule has 1 heterocycles. The molecule has 0 spiro atoms. The number of ether oxygens (including phenoxy) is 3. The molecule has 44 heavy (non-hydrogen) atoms. The number of aliphatic carboxylic acids is 1. The monoisotopic (exact) mass is 621 g/mol. The number of oxazole rings is 1. The van der Waals surface area contributed by atoms with Crippen molar-refractivity contribution in [1.29, 1.82) is 0 Å². The van der Waals surface area contributed by atoms with Gasteiger partial charge in [0, 0.05) is 12.1 Å². The molecule has 2 fully saturated rings. The minimum atomic E-state index is -3.05. The number of nitrogens with one attached hydrogen (secondary N) is 2. The number of carbonyl (C=O) groups excluding carboxylic acids is 2. The fourth-order valence-electron chi connectivity index (χ4n) is 5.29. The average Bonchev–Trinajstić information content (AvgIpc) is 3.65. The Labute approximate surface area is 255 Å². The van der Waals surface area contributed by atoms with E-state index in [-0.39, 0.29) is 41.8 Å². The van der Waals surface area contributed by atoms with Crippen LogP contribution < -0.4 is 20.1 Å². The lowest BCUT2D eigenvalue weighted by molar-refractivity contribution is -0.140. The second-order valence-corrected chi connectivity index (χ2v) is 12.7. The molecule has 2 aliphatic carbocycles. The van der Waals surface area contributed by atoms with E-state index in [0.29, 0.717) is 30.9 Å². The molecule has 0 unspecified atom stereocenters. The van der Waals surface area contributed by atoms with Crippen LogP contribution in [0.5, 0.6) is 11.5 Å². The number of alkyl carbamates (subject to hydrolysis) is 1. The molecule has 4 rings (SSSR count). The number of hydrogen-bond acceptors (Lipinski definition) is 8. The number of amides is 2. The Kier molecular flexibility index (Phi) is 10.4. The Bertz CT molecular complexity index is 1330. The molecule has 0 radical (unpaired) electrons. The van der Waals surface area contributed by atoms with Gasteiger partial charge in [0.15, 0.2) is 23.0 Å². The Morgan fingerprint density at radius 1 is 1.14 bits per heavy atom. The number of carboxylic acids is 1. The number of carbonyl (C=O) groups is 3. The zero-order chi connectivity index (χ0) is 32.1. The van der Waals surface area contributed by atoms with Gasteiger partial charge in [-0.25, -0.2) is 9.78 Å². The first-order valence-electron chi connectivity index (χ1n) is 15.0. The van der Waals surface area contributed by atoms with Crippen LogP contribution in [0.3, 0.4) is 0 Å². The van der Waals surface area contributed by atoms with Crippen LogP contribution in [-0.2, 0) is 9.53 Å². The highest BCUT2D eigenvalue weighted by atomic mass is 19.3. The fourth-order valence-corrected chi connectivity index (χ4v) is 5.29. The van der Waals surface area contributed by atoms with E-state index in [4.69, 9.17) is 13.9 Å². The first-order valence-corrected chi connectivity index (χ1v) is 15.0. The summed E-state index contributed by atoms with van der Waals surface area (Å²) in [5.74, 6) is -1.24. The Morgan fingerprint density at radius 3 is 2.45 bits per heavy atom. The Hall–Kier alpha value is -3.90. The zero-order valence-corrected chi connectivity index (χ0v) is 25.5. The lowest BCUT2D eigenvalue weighted by atomic mass is 9.71. The maximum Gasteiger partial charge on any atom is 0.408 e. The van der Waals surface area contributed by atoms with Gasteiger partial charge in [0.05, 0.1) is 19.1 Å². The molecular formula is C31H41F2N3O8. The van der Waals surface area contributed by atoms with E-state index in [2.05, 4.69) is 20.4 Å². The summed E-state index contributed by atoms with van der Waals surface area (Å²) in [6.45, 7) is 4.15. The van der Waals surface area contributed by atoms with Gasteiger partial charge in [-0.1, -0.05) is 19.3 Å². The van der Waals surface area contributed by atoms with Gasteiger partial charge in [-0.15, -0.1) is 0 Å². The third kappa shape index (κ3) is 9.30. The largest absolute Gasteiger partial charge is 0.489 e. The van der Waals surface area contributed by atoms with Crippen molar-refractivity contribution in [1.82, 2.24) is 15.6 Å². The van der Waals surface area contributed by atoms with E-state index in [1.807, 2.05) is 0 Å². The highest BCUT2D eigenvalue weighted by molar-refractivity contribution is 5.94. The molecule has 11 nitrogen and oxygen atoms in total. The first kappa shape index (κ1) is 33.0. The van der Waals surface area contributed by atoms with Crippen molar-refractivity contribution in [3.05, 3.63) is 29.7 Å². The van der Waals surface area contributed by atoms with Gasteiger partial charge in [0.1, 0.15) is 5.60 Å². The molecular weight excluding hydrogens is 580 g/mol. The maximum atomic E-state index is 13.6. The standard InChI is InChI=1S/C31H41F2N3O8/c1-18(35-29(40)44-30(2,3)4)25-24(26(39)34-17-31(15-23(37)38)12-6-5-7-13-31)36-27(43-25)20-10-11-21(42-28(32)33)22(14-20)41-16-19-8-9-19/h10-11,14,18-19,28H,5-9,12-13,15-17H2,1-4H3,(H,34,39)(H,35,40)(H,37,38)/t18-/m0/s1. The van der Waals surface area contributed by atoms with Crippen molar-refractivity contribution in [2.75, 3.05) is 13.2 Å². The summed E-state index contributed by atoms with van der Waals surface area (Å²) in [7, 11) is 0. The predicted molar refractivity (Wildman–Crippen MR) is 155 cm³/mol. The van der Waals surface area contributed by atoms with E-state index < -0.39 is 41.6 Å². The minimum absolute atomic E-state index is 0.0132. The topological polar surface area (TPSA) is 149 Å². The van der Waals surface area contributed by atoms with Crippen LogP contribution in [0, 0.1) is 11.3 Å². The summed E-state index contributed by atoms with van der Waals surface area (Å²) >= 11 is 0. The molecule has 1 aromatic heterocycles. The highest BCUT2D eigenvalue weighted by Gasteiger charge is 2.36. The lowest BCUT2D eigenvalue weighted by Crippen LogP contribution is -2.41. The predicted octanol–water partition coefficient (Wildman–Crippen LogP) is 6.47. The molecule has 0 saturated heterocycles. The number of hydrogen-bond donors (Lipinski definition) is 3. The third-order valence-corrected chi connectivity index (χ3v) is 7.64. The minimum Gasteiger partial charge on any atom is -0.489 e. The molecule has 1 aromatic carbocycles. The van der Waals surface area contributed by atoms with Gasteiger partial charge in [0.2, 0.25) is 5.89 Å². The number of carboxylic acid groups (broad SMARTS) is 1. The van der Waals surface area contributed by atoms with Crippen molar-refractivity contribution >= 4 is 18.0 Å².